The molecule has 0 saturated heterocycles. The molecule has 262 valence electrons. The topological polar surface area (TPSA) is 15.8 Å². The van der Waals surface area contributed by atoms with E-state index in [1.807, 2.05) is 0 Å². The van der Waals surface area contributed by atoms with Crippen LogP contribution in [0.4, 0.5) is 0 Å². The van der Waals surface area contributed by atoms with Gasteiger partial charge in [0.05, 0.1) is 0 Å². The first kappa shape index (κ1) is 33.5. The normalized spacial score (nSPS) is 11.8. The Morgan fingerprint density at radius 2 is 1.13 bits per heavy atom. The number of halogens is 1. The van der Waals surface area contributed by atoms with Gasteiger partial charge in [-0.1, -0.05) is 181 Å². The Hall–Kier alpha value is -6.06. The molecule has 1 N–H and O–H groups in total. The molecule has 1 aliphatic carbocycles. The Morgan fingerprint density at radius 3 is 1.87 bits per heavy atom. The molecule has 0 radical (unpaired) electrons. The number of benzene rings is 8. The summed E-state index contributed by atoms with van der Waals surface area (Å²) in [6.07, 6.45) is 1.76. The van der Waals surface area contributed by atoms with Gasteiger partial charge in [-0.2, -0.15) is 0 Å². The molecule has 1 aliphatic rings. The highest BCUT2D eigenvalue weighted by Gasteiger charge is 2.27. The Kier molecular flexibility index (Phi) is 8.71. The minimum Gasteiger partial charge on any atom is -0.345 e. The Balaban J connectivity index is 1.07. The molecule has 0 aliphatic heterocycles. The SMILES string of the molecule is Clc1[nH]c2cccc(Cc3ccccc3)c2c1-c1ccccc1Sc1ccc(-c2cc3c(c(-c4ccccc4)c2-c2ccccc2)Cc2ccccc2-3)cc1. The summed E-state index contributed by atoms with van der Waals surface area (Å²) in [5, 5.41) is 1.85. The first-order valence-corrected chi connectivity index (χ1v) is 20.0. The molecule has 0 bridgehead atoms. The third-order valence-electron chi connectivity index (χ3n) is 10.9. The van der Waals surface area contributed by atoms with E-state index in [4.69, 9.17) is 11.6 Å². The van der Waals surface area contributed by atoms with E-state index in [0.29, 0.717) is 5.15 Å². The van der Waals surface area contributed by atoms with Crippen molar-refractivity contribution in [1.82, 2.24) is 4.98 Å². The van der Waals surface area contributed by atoms with E-state index in [2.05, 4.69) is 193 Å². The van der Waals surface area contributed by atoms with Crippen LogP contribution in [0.5, 0.6) is 0 Å². The molecule has 0 amide bonds. The molecule has 0 saturated carbocycles. The van der Waals surface area contributed by atoms with Gasteiger partial charge in [0, 0.05) is 26.3 Å². The standard InChI is InChI=1S/C52H36ClNS/c53-52-51(50-39(22-14-25-46(50)54-52)31-34-15-4-1-5-16-34)42-24-12-13-26-47(42)55-40-29-27-35(28-30-40)43-33-44-41-23-11-10-21-38(41)32-45(44)49(37-19-8-3-9-20-37)48(43)36-17-6-2-7-18-36/h1-30,33,54H,31-32H2. The summed E-state index contributed by atoms with van der Waals surface area (Å²) >= 11 is 8.85. The summed E-state index contributed by atoms with van der Waals surface area (Å²) in [5.74, 6) is 0. The molecular weight excluding hydrogens is 706 g/mol. The largest absolute Gasteiger partial charge is 0.345 e. The number of aromatic nitrogens is 1. The predicted molar refractivity (Wildman–Crippen MR) is 233 cm³/mol. The van der Waals surface area contributed by atoms with Crippen molar-refractivity contribution in [3.63, 3.8) is 0 Å². The van der Waals surface area contributed by atoms with Gasteiger partial charge in [-0.15, -0.1) is 0 Å². The molecule has 0 fully saturated rings. The Bertz CT molecular complexity index is 2820. The van der Waals surface area contributed by atoms with Crippen molar-refractivity contribution < 1.29 is 0 Å². The number of H-pyrrole nitrogens is 1. The van der Waals surface area contributed by atoms with Crippen molar-refractivity contribution in [2.75, 3.05) is 0 Å². The van der Waals surface area contributed by atoms with E-state index in [1.165, 1.54) is 77.0 Å². The highest BCUT2D eigenvalue weighted by Crippen LogP contribution is 2.51. The maximum absolute atomic E-state index is 7.07. The molecule has 10 rings (SSSR count). The molecule has 0 unspecified atom stereocenters. The predicted octanol–water partition coefficient (Wildman–Crippen LogP) is 14.8. The number of aromatic amines is 1. The number of rotatable bonds is 8. The molecule has 0 spiro atoms. The molecule has 9 aromatic rings. The highest BCUT2D eigenvalue weighted by molar-refractivity contribution is 7.99. The van der Waals surface area contributed by atoms with Gasteiger partial charge in [0.15, 0.2) is 0 Å². The monoisotopic (exact) mass is 741 g/mol. The Morgan fingerprint density at radius 1 is 0.491 bits per heavy atom. The Labute approximate surface area is 331 Å². The van der Waals surface area contributed by atoms with E-state index in [1.54, 1.807) is 11.8 Å². The molecule has 55 heavy (non-hydrogen) atoms. The number of hydrogen-bond acceptors (Lipinski definition) is 1. The van der Waals surface area contributed by atoms with Crippen molar-refractivity contribution in [2.45, 2.75) is 22.6 Å². The van der Waals surface area contributed by atoms with Crippen LogP contribution in [-0.4, -0.2) is 4.98 Å². The van der Waals surface area contributed by atoms with Gasteiger partial charge in [-0.3, -0.25) is 0 Å². The molecular formula is C52H36ClNS. The van der Waals surface area contributed by atoms with Gasteiger partial charge in [0.2, 0.25) is 0 Å². The first-order valence-electron chi connectivity index (χ1n) is 18.8. The summed E-state index contributed by atoms with van der Waals surface area (Å²) in [6, 6.07) is 68.1. The van der Waals surface area contributed by atoms with Crippen molar-refractivity contribution >= 4 is 34.3 Å². The zero-order valence-electron chi connectivity index (χ0n) is 30.1. The third-order valence-corrected chi connectivity index (χ3v) is 12.3. The van der Waals surface area contributed by atoms with E-state index in [9.17, 15) is 0 Å². The van der Waals surface area contributed by atoms with Crippen molar-refractivity contribution in [3.05, 3.63) is 215 Å². The smallest absolute Gasteiger partial charge is 0.115 e. The lowest BCUT2D eigenvalue weighted by atomic mass is 9.82. The fourth-order valence-electron chi connectivity index (χ4n) is 8.43. The van der Waals surface area contributed by atoms with Gasteiger partial charge in [-0.05, 0) is 115 Å². The quantitative estimate of drug-likeness (QED) is 0.164. The second kappa shape index (κ2) is 14.3. The minimum absolute atomic E-state index is 0.666. The van der Waals surface area contributed by atoms with E-state index < -0.39 is 0 Å². The summed E-state index contributed by atoms with van der Waals surface area (Å²) in [4.78, 5) is 5.82. The van der Waals surface area contributed by atoms with E-state index in [-0.39, 0.29) is 0 Å². The maximum atomic E-state index is 7.07. The minimum atomic E-state index is 0.666. The molecule has 1 nitrogen and oxygen atoms in total. The average Bonchev–Trinajstić information content (AvgIpc) is 3.79. The third kappa shape index (κ3) is 6.18. The summed E-state index contributed by atoms with van der Waals surface area (Å²) in [5.41, 5.74) is 18.8. The van der Waals surface area contributed by atoms with Crippen LogP contribution in [0.15, 0.2) is 198 Å². The van der Waals surface area contributed by atoms with E-state index >= 15 is 0 Å². The van der Waals surface area contributed by atoms with Gasteiger partial charge in [0.1, 0.15) is 5.15 Å². The van der Waals surface area contributed by atoms with Gasteiger partial charge in [0.25, 0.3) is 0 Å². The van der Waals surface area contributed by atoms with E-state index in [0.717, 1.165) is 34.4 Å². The maximum Gasteiger partial charge on any atom is 0.115 e. The molecule has 3 heteroatoms. The zero-order chi connectivity index (χ0) is 36.7. The average molecular weight is 742 g/mol. The fraction of sp³-hybridized carbons (Fsp3) is 0.0385. The lowest BCUT2D eigenvalue weighted by Gasteiger charge is -2.21. The van der Waals surface area contributed by atoms with Crippen molar-refractivity contribution in [2.24, 2.45) is 0 Å². The van der Waals surface area contributed by atoms with Crippen LogP contribution in [0.3, 0.4) is 0 Å². The van der Waals surface area contributed by atoms with Gasteiger partial charge < -0.3 is 4.98 Å². The molecule has 1 heterocycles. The second-order valence-corrected chi connectivity index (χ2v) is 15.7. The lowest BCUT2D eigenvalue weighted by molar-refractivity contribution is 1.21. The van der Waals surface area contributed by atoms with Crippen LogP contribution >= 0.6 is 23.4 Å². The molecule has 1 aromatic heterocycles. The van der Waals surface area contributed by atoms with Gasteiger partial charge in [-0.25, -0.2) is 0 Å². The zero-order valence-corrected chi connectivity index (χ0v) is 31.7. The van der Waals surface area contributed by atoms with Crippen LogP contribution in [0.2, 0.25) is 5.15 Å². The summed E-state index contributed by atoms with van der Waals surface area (Å²) in [7, 11) is 0. The van der Waals surface area contributed by atoms with Crippen LogP contribution < -0.4 is 0 Å². The fourth-order valence-corrected chi connectivity index (χ4v) is 9.68. The van der Waals surface area contributed by atoms with Crippen LogP contribution in [-0.2, 0) is 12.8 Å². The molecule has 8 aromatic carbocycles. The molecule has 0 atom stereocenters. The second-order valence-electron chi connectivity index (χ2n) is 14.2. The summed E-state index contributed by atoms with van der Waals surface area (Å²) < 4.78 is 0. The summed E-state index contributed by atoms with van der Waals surface area (Å²) in [6.45, 7) is 0. The highest BCUT2D eigenvalue weighted by atomic mass is 35.5. The number of nitrogens with one attached hydrogen (secondary N) is 1. The van der Waals surface area contributed by atoms with Crippen molar-refractivity contribution in [3.8, 4) is 55.6 Å². The lowest BCUT2D eigenvalue weighted by Crippen LogP contribution is -1.97. The first-order chi connectivity index (χ1) is 27.2. The number of fused-ring (bicyclic) bond motifs is 4. The van der Waals surface area contributed by atoms with Crippen LogP contribution in [0.25, 0.3) is 66.5 Å². The van der Waals surface area contributed by atoms with Crippen LogP contribution in [0.1, 0.15) is 22.3 Å². The van der Waals surface area contributed by atoms with Gasteiger partial charge >= 0.3 is 0 Å². The number of hydrogen-bond donors (Lipinski definition) is 1. The van der Waals surface area contributed by atoms with Crippen LogP contribution in [0, 0.1) is 0 Å². The van der Waals surface area contributed by atoms with Crippen molar-refractivity contribution in [1.29, 1.82) is 0 Å².